The quantitative estimate of drug-likeness (QED) is 0.918. The molecule has 1 aromatic heterocycles. The highest BCUT2D eigenvalue weighted by molar-refractivity contribution is 7.07. The molecular formula is C13H18N2O3S. The third kappa shape index (κ3) is 3.53. The maximum Gasteiger partial charge on any atom is 0.303 e. The molecule has 2 unspecified atom stereocenters. The van der Waals surface area contributed by atoms with Crippen molar-refractivity contribution in [2.24, 2.45) is 11.8 Å². The van der Waals surface area contributed by atoms with Crippen molar-refractivity contribution < 1.29 is 14.7 Å². The summed E-state index contributed by atoms with van der Waals surface area (Å²) < 4.78 is 0. The van der Waals surface area contributed by atoms with Crippen LogP contribution in [0.5, 0.6) is 0 Å². The molecule has 0 saturated carbocycles. The van der Waals surface area contributed by atoms with Crippen molar-refractivity contribution in [3.63, 3.8) is 0 Å². The number of amides is 1. The first-order chi connectivity index (χ1) is 9.08. The molecule has 5 nitrogen and oxygen atoms in total. The summed E-state index contributed by atoms with van der Waals surface area (Å²) in [5.41, 5.74) is 2.15. The molecule has 0 radical (unpaired) electrons. The zero-order valence-corrected chi connectivity index (χ0v) is 11.7. The Bertz CT molecular complexity index is 447. The lowest BCUT2D eigenvalue weighted by atomic mass is 9.84. The molecule has 1 aliphatic heterocycles. The second-order valence-electron chi connectivity index (χ2n) is 5.10. The first kappa shape index (κ1) is 14.0. The van der Waals surface area contributed by atoms with Gasteiger partial charge in [0.25, 0.3) is 5.91 Å². The fourth-order valence-electron chi connectivity index (χ4n) is 2.58. The summed E-state index contributed by atoms with van der Waals surface area (Å²) in [6, 6.07) is 0. The van der Waals surface area contributed by atoms with Crippen molar-refractivity contribution in [1.82, 2.24) is 9.88 Å². The molecule has 1 saturated heterocycles. The smallest absolute Gasteiger partial charge is 0.303 e. The van der Waals surface area contributed by atoms with Crippen LogP contribution >= 0.6 is 11.3 Å². The zero-order valence-electron chi connectivity index (χ0n) is 10.9. The number of carbonyl (C=O) groups is 2. The molecule has 1 aromatic rings. The number of nitrogens with zero attached hydrogens (tertiary/aromatic N) is 2. The van der Waals surface area contributed by atoms with E-state index in [0.717, 1.165) is 19.4 Å². The van der Waals surface area contributed by atoms with Gasteiger partial charge in [-0.05, 0) is 24.7 Å². The topological polar surface area (TPSA) is 70.5 Å². The molecule has 0 bridgehead atoms. The van der Waals surface area contributed by atoms with E-state index in [-0.39, 0.29) is 24.2 Å². The van der Waals surface area contributed by atoms with Gasteiger partial charge in [-0.15, -0.1) is 11.3 Å². The number of carbonyl (C=O) groups excluding carboxylic acids is 1. The first-order valence-corrected chi connectivity index (χ1v) is 7.41. The molecule has 1 aliphatic rings. The zero-order chi connectivity index (χ0) is 13.8. The second-order valence-corrected chi connectivity index (χ2v) is 5.82. The van der Waals surface area contributed by atoms with E-state index in [1.54, 1.807) is 10.9 Å². The van der Waals surface area contributed by atoms with Crippen molar-refractivity contribution in [2.75, 3.05) is 13.1 Å². The van der Waals surface area contributed by atoms with E-state index in [0.29, 0.717) is 12.2 Å². The van der Waals surface area contributed by atoms with Crippen molar-refractivity contribution in [3.05, 3.63) is 16.6 Å². The molecule has 1 amide bonds. The lowest BCUT2D eigenvalue weighted by molar-refractivity contribution is -0.138. The minimum absolute atomic E-state index is 0.0338. The van der Waals surface area contributed by atoms with Crippen LogP contribution in [-0.2, 0) is 4.79 Å². The molecule has 2 rings (SSSR count). The highest BCUT2D eigenvalue weighted by Gasteiger charge is 2.29. The Labute approximate surface area is 116 Å². The molecule has 0 aromatic carbocycles. The van der Waals surface area contributed by atoms with Gasteiger partial charge < -0.3 is 10.0 Å². The predicted molar refractivity (Wildman–Crippen MR) is 72.2 cm³/mol. The molecule has 0 aliphatic carbocycles. The Morgan fingerprint density at radius 3 is 3.05 bits per heavy atom. The number of hydrogen-bond acceptors (Lipinski definition) is 4. The van der Waals surface area contributed by atoms with E-state index in [2.05, 4.69) is 4.98 Å². The van der Waals surface area contributed by atoms with Gasteiger partial charge in [0.05, 0.1) is 5.51 Å². The standard InChI is InChI=1S/C13H18N2O3S/c1-9(5-12(16)17)10-3-2-4-15(6-10)13(18)11-7-19-8-14-11/h7-10H,2-6H2,1H3,(H,16,17). The predicted octanol–water partition coefficient (Wildman–Crippen LogP) is 2.11. The van der Waals surface area contributed by atoms with Gasteiger partial charge in [-0.2, -0.15) is 0 Å². The number of carboxylic acids is 1. The normalized spacial score (nSPS) is 21.1. The van der Waals surface area contributed by atoms with E-state index < -0.39 is 5.97 Å². The van der Waals surface area contributed by atoms with Gasteiger partial charge in [-0.25, -0.2) is 4.98 Å². The van der Waals surface area contributed by atoms with Crippen LogP contribution in [0.2, 0.25) is 0 Å². The molecule has 1 fully saturated rings. The van der Waals surface area contributed by atoms with E-state index in [9.17, 15) is 9.59 Å². The number of aromatic nitrogens is 1. The van der Waals surface area contributed by atoms with Crippen LogP contribution in [0.4, 0.5) is 0 Å². The largest absolute Gasteiger partial charge is 0.481 e. The maximum absolute atomic E-state index is 12.2. The Balaban J connectivity index is 1.97. The van der Waals surface area contributed by atoms with Gasteiger partial charge in [0.1, 0.15) is 5.69 Å². The summed E-state index contributed by atoms with van der Waals surface area (Å²) in [5.74, 6) is -0.431. The van der Waals surface area contributed by atoms with Gasteiger partial charge in [0.15, 0.2) is 0 Å². The maximum atomic E-state index is 12.2. The van der Waals surface area contributed by atoms with Crippen LogP contribution in [0.1, 0.15) is 36.7 Å². The van der Waals surface area contributed by atoms with Crippen LogP contribution in [0.3, 0.4) is 0 Å². The Kier molecular flexibility index (Phi) is 4.52. The number of hydrogen-bond donors (Lipinski definition) is 1. The van der Waals surface area contributed by atoms with Gasteiger partial charge in [0.2, 0.25) is 0 Å². The van der Waals surface area contributed by atoms with E-state index in [1.165, 1.54) is 11.3 Å². The highest BCUT2D eigenvalue weighted by atomic mass is 32.1. The number of piperidine rings is 1. The summed E-state index contributed by atoms with van der Waals surface area (Å²) >= 11 is 1.41. The molecule has 1 N–H and O–H groups in total. The minimum atomic E-state index is -0.768. The van der Waals surface area contributed by atoms with Crippen LogP contribution < -0.4 is 0 Å². The molecular weight excluding hydrogens is 264 g/mol. The molecule has 2 heterocycles. The van der Waals surface area contributed by atoms with Gasteiger partial charge in [-0.1, -0.05) is 6.92 Å². The van der Waals surface area contributed by atoms with E-state index >= 15 is 0 Å². The third-order valence-electron chi connectivity index (χ3n) is 3.70. The van der Waals surface area contributed by atoms with Gasteiger partial charge >= 0.3 is 5.97 Å². The monoisotopic (exact) mass is 282 g/mol. The molecule has 6 heteroatoms. The number of rotatable bonds is 4. The summed E-state index contributed by atoms with van der Waals surface area (Å²) in [7, 11) is 0. The Morgan fingerprint density at radius 1 is 1.63 bits per heavy atom. The SMILES string of the molecule is CC(CC(=O)O)C1CCCN(C(=O)c2cscn2)C1. The van der Waals surface area contributed by atoms with Crippen LogP contribution in [-0.4, -0.2) is 40.0 Å². The average Bonchev–Trinajstić information content (AvgIpc) is 2.91. The summed E-state index contributed by atoms with van der Waals surface area (Å²) in [6.45, 7) is 3.34. The van der Waals surface area contributed by atoms with Gasteiger partial charge in [0, 0.05) is 24.9 Å². The van der Waals surface area contributed by atoms with Crippen molar-refractivity contribution in [1.29, 1.82) is 0 Å². The first-order valence-electron chi connectivity index (χ1n) is 6.47. The molecule has 19 heavy (non-hydrogen) atoms. The van der Waals surface area contributed by atoms with Crippen LogP contribution in [0.25, 0.3) is 0 Å². The van der Waals surface area contributed by atoms with Gasteiger partial charge in [-0.3, -0.25) is 9.59 Å². The molecule has 0 spiro atoms. The summed E-state index contributed by atoms with van der Waals surface area (Å²) in [6.07, 6.45) is 2.10. The number of carboxylic acid groups (broad SMARTS) is 1. The lowest BCUT2D eigenvalue weighted by Crippen LogP contribution is -2.42. The Morgan fingerprint density at radius 2 is 2.42 bits per heavy atom. The number of thiazole rings is 1. The summed E-state index contributed by atoms with van der Waals surface area (Å²) in [5, 5.41) is 10.6. The molecule has 104 valence electrons. The van der Waals surface area contributed by atoms with Crippen molar-refractivity contribution in [2.45, 2.75) is 26.2 Å². The highest BCUT2D eigenvalue weighted by Crippen LogP contribution is 2.26. The van der Waals surface area contributed by atoms with E-state index in [4.69, 9.17) is 5.11 Å². The van der Waals surface area contributed by atoms with Crippen molar-refractivity contribution >= 4 is 23.2 Å². The summed E-state index contributed by atoms with van der Waals surface area (Å²) in [4.78, 5) is 28.8. The second kappa shape index (κ2) is 6.14. The van der Waals surface area contributed by atoms with Crippen LogP contribution in [0, 0.1) is 11.8 Å². The fourth-order valence-corrected chi connectivity index (χ4v) is 3.11. The van der Waals surface area contributed by atoms with Crippen molar-refractivity contribution in [3.8, 4) is 0 Å². The molecule has 2 atom stereocenters. The number of aliphatic carboxylic acids is 1. The minimum Gasteiger partial charge on any atom is -0.481 e. The average molecular weight is 282 g/mol. The fraction of sp³-hybridized carbons (Fsp3) is 0.615. The third-order valence-corrected chi connectivity index (χ3v) is 4.28. The van der Waals surface area contributed by atoms with E-state index in [1.807, 2.05) is 11.8 Å². The Hall–Kier alpha value is -1.43. The van der Waals surface area contributed by atoms with Crippen LogP contribution in [0.15, 0.2) is 10.9 Å². The number of likely N-dealkylation sites (tertiary alicyclic amines) is 1. The lowest BCUT2D eigenvalue weighted by Gasteiger charge is -2.35.